The van der Waals surface area contributed by atoms with Crippen molar-refractivity contribution in [3.8, 4) is 0 Å². The van der Waals surface area contributed by atoms with E-state index < -0.39 is 23.5 Å². The number of carbonyl (C=O) groups is 1. The highest BCUT2D eigenvalue weighted by molar-refractivity contribution is 6.33. The van der Waals surface area contributed by atoms with Gasteiger partial charge in [-0.25, -0.2) is 22.5 Å². The molecule has 1 saturated heterocycles. The molecule has 10 heteroatoms. The van der Waals surface area contributed by atoms with Crippen LogP contribution in [0.1, 0.15) is 23.2 Å². The van der Waals surface area contributed by atoms with Crippen LogP contribution in [0.15, 0.2) is 30.6 Å². The third kappa shape index (κ3) is 3.08. The van der Waals surface area contributed by atoms with Crippen molar-refractivity contribution in [2.24, 2.45) is 5.41 Å². The Morgan fingerprint density at radius 3 is 2.53 bits per heavy atom. The largest absolute Gasteiger partial charge is 0.359 e. The number of hydrogen-bond donors (Lipinski definition) is 2. The number of anilines is 2. The van der Waals surface area contributed by atoms with Crippen LogP contribution in [0.2, 0.25) is 5.02 Å². The molecule has 1 saturated carbocycles. The number of pyridine rings is 1. The van der Waals surface area contributed by atoms with Gasteiger partial charge in [-0.2, -0.15) is 0 Å². The second-order valence-electron chi connectivity index (χ2n) is 8.06. The predicted molar refractivity (Wildman–Crippen MR) is 104 cm³/mol. The van der Waals surface area contributed by atoms with Gasteiger partial charge in [-0.05, 0) is 12.1 Å². The minimum atomic E-state index is -2.58. The highest BCUT2D eigenvalue weighted by Crippen LogP contribution is 2.57. The Balaban J connectivity index is 1.30. The van der Waals surface area contributed by atoms with E-state index >= 15 is 0 Å². The number of benzene rings is 1. The lowest BCUT2D eigenvalue weighted by molar-refractivity contribution is -0.170. The lowest BCUT2D eigenvalue weighted by Gasteiger charge is -2.59. The molecule has 5 rings (SSSR count). The second-order valence-corrected chi connectivity index (χ2v) is 8.47. The second kappa shape index (κ2) is 6.34. The fourth-order valence-electron chi connectivity index (χ4n) is 4.38. The molecule has 3 aromatic rings. The summed E-state index contributed by atoms with van der Waals surface area (Å²) in [6.07, 6.45) is 2.53. The summed E-state index contributed by atoms with van der Waals surface area (Å²) in [5.74, 6) is -4.68. The van der Waals surface area contributed by atoms with Gasteiger partial charge in [-0.3, -0.25) is 4.79 Å². The zero-order chi connectivity index (χ0) is 21.3. The number of aromatic amines is 1. The maximum absolute atomic E-state index is 13.5. The molecule has 1 aliphatic carbocycles. The van der Waals surface area contributed by atoms with Crippen molar-refractivity contribution in [3.05, 3.63) is 52.8 Å². The van der Waals surface area contributed by atoms with Crippen molar-refractivity contribution in [3.63, 3.8) is 0 Å². The number of alkyl halides is 2. The number of rotatable bonds is 3. The Bertz CT molecular complexity index is 1180. The maximum atomic E-state index is 13.5. The van der Waals surface area contributed by atoms with Gasteiger partial charge in [0.2, 0.25) is 5.92 Å². The van der Waals surface area contributed by atoms with E-state index in [2.05, 4.69) is 15.3 Å². The molecule has 2 N–H and O–H groups in total. The minimum Gasteiger partial charge on any atom is -0.359 e. The number of nitrogens with zero attached hydrogens (tertiary/aromatic N) is 2. The number of fused-ring (bicyclic) bond motifs is 1. The standard InChI is InChI=1S/C20H15ClF4N4O/c21-12-1-10(4-27-17(12)29-8-19(9-29)6-20(24,25)7-19)18(30)28-16-5-26-15-3-14(23)13(22)2-11(15)16/h1-5,26H,6-9H2,(H,28,30). The lowest BCUT2D eigenvalue weighted by atomic mass is 9.61. The molecule has 5 nitrogen and oxygen atoms in total. The summed E-state index contributed by atoms with van der Waals surface area (Å²) < 4.78 is 53.2. The molecule has 0 radical (unpaired) electrons. The van der Waals surface area contributed by atoms with E-state index in [1.54, 1.807) is 0 Å². The molecule has 2 aromatic heterocycles. The first-order chi connectivity index (χ1) is 14.1. The first kappa shape index (κ1) is 19.2. The molecule has 30 heavy (non-hydrogen) atoms. The fraction of sp³-hybridized carbons (Fsp3) is 0.300. The van der Waals surface area contributed by atoms with Crippen molar-refractivity contribution in [1.82, 2.24) is 9.97 Å². The van der Waals surface area contributed by atoms with Gasteiger partial charge in [0, 0.05) is 55.2 Å². The highest BCUT2D eigenvalue weighted by Gasteiger charge is 2.62. The molecule has 1 amide bonds. The fourth-order valence-corrected chi connectivity index (χ4v) is 4.67. The van der Waals surface area contributed by atoms with Gasteiger partial charge >= 0.3 is 0 Å². The third-order valence-corrected chi connectivity index (χ3v) is 5.95. The van der Waals surface area contributed by atoms with Crippen molar-refractivity contribution in [2.75, 3.05) is 23.3 Å². The summed E-state index contributed by atoms with van der Waals surface area (Å²) in [5.41, 5.74) is 0.425. The molecule has 2 aliphatic rings. The first-order valence-electron chi connectivity index (χ1n) is 9.21. The molecule has 1 aromatic carbocycles. The topological polar surface area (TPSA) is 61.0 Å². The van der Waals surface area contributed by atoms with Gasteiger partial charge < -0.3 is 15.2 Å². The number of hydrogen-bond acceptors (Lipinski definition) is 3. The summed E-state index contributed by atoms with van der Waals surface area (Å²) in [4.78, 5) is 21.4. The van der Waals surface area contributed by atoms with E-state index in [1.807, 2.05) is 4.90 Å². The van der Waals surface area contributed by atoms with Crippen LogP contribution >= 0.6 is 11.6 Å². The smallest absolute Gasteiger partial charge is 0.257 e. The summed E-state index contributed by atoms with van der Waals surface area (Å²) in [6, 6.07) is 3.44. The molecule has 0 unspecified atom stereocenters. The van der Waals surface area contributed by atoms with E-state index in [9.17, 15) is 22.4 Å². The zero-order valence-corrected chi connectivity index (χ0v) is 16.2. The Morgan fingerprint density at radius 2 is 1.87 bits per heavy atom. The predicted octanol–water partition coefficient (Wildman–Crippen LogP) is 4.98. The SMILES string of the molecule is O=C(Nc1c[nH]c2cc(F)c(F)cc12)c1cnc(N2CC3(C2)CC(F)(F)C3)c(Cl)c1. The highest BCUT2D eigenvalue weighted by atomic mass is 35.5. The summed E-state index contributed by atoms with van der Waals surface area (Å²) in [7, 11) is 0. The monoisotopic (exact) mass is 438 g/mol. The molecule has 3 heterocycles. The van der Waals surface area contributed by atoms with Gasteiger partial charge in [0.25, 0.3) is 5.91 Å². The zero-order valence-electron chi connectivity index (χ0n) is 15.4. The van der Waals surface area contributed by atoms with E-state index in [4.69, 9.17) is 11.6 Å². The van der Waals surface area contributed by atoms with E-state index in [1.165, 1.54) is 18.5 Å². The van der Waals surface area contributed by atoms with Gasteiger partial charge in [0.15, 0.2) is 11.6 Å². The number of nitrogens with one attached hydrogen (secondary N) is 2. The first-order valence-corrected chi connectivity index (χ1v) is 9.58. The average Bonchev–Trinajstić information content (AvgIpc) is 2.99. The molecule has 1 aliphatic heterocycles. The van der Waals surface area contributed by atoms with Gasteiger partial charge in [-0.1, -0.05) is 11.6 Å². The molecule has 0 atom stereocenters. The Hall–Kier alpha value is -2.81. The molecular weight excluding hydrogens is 424 g/mol. The van der Waals surface area contributed by atoms with Crippen LogP contribution in [0, 0.1) is 17.0 Å². The van der Waals surface area contributed by atoms with E-state index in [0.29, 0.717) is 29.8 Å². The Labute approximate surface area is 173 Å². The molecular formula is C20H15ClF4N4O. The quantitative estimate of drug-likeness (QED) is 0.567. The average molecular weight is 439 g/mol. The van der Waals surface area contributed by atoms with Crippen LogP contribution < -0.4 is 10.2 Å². The number of halogens is 5. The molecule has 156 valence electrons. The van der Waals surface area contributed by atoms with Gasteiger partial charge in [0.05, 0.1) is 21.8 Å². The third-order valence-electron chi connectivity index (χ3n) is 5.67. The normalized spacial score (nSPS) is 18.9. The summed E-state index contributed by atoms with van der Waals surface area (Å²) >= 11 is 6.28. The Kier molecular flexibility index (Phi) is 4.05. The Morgan fingerprint density at radius 1 is 1.17 bits per heavy atom. The summed E-state index contributed by atoms with van der Waals surface area (Å²) in [5, 5.41) is 3.17. The van der Waals surface area contributed by atoms with Gasteiger partial charge in [-0.15, -0.1) is 0 Å². The minimum absolute atomic E-state index is 0.121. The van der Waals surface area contributed by atoms with Crippen molar-refractivity contribution in [1.29, 1.82) is 0 Å². The van der Waals surface area contributed by atoms with Crippen LogP contribution in [0.4, 0.5) is 29.1 Å². The molecule has 2 fully saturated rings. The van der Waals surface area contributed by atoms with Crippen LogP contribution in [-0.4, -0.2) is 34.9 Å². The van der Waals surface area contributed by atoms with Crippen molar-refractivity contribution < 1.29 is 22.4 Å². The van der Waals surface area contributed by atoms with Crippen LogP contribution in [-0.2, 0) is 0 Å². The number of amides is 1. The van der Waals surface area contributed by atoms with Crippen LogP contribution in [0.25, 0.3) is 10.9 Å². The number of aromatic nitrogens is 2. The van der Waals surface area contributed by atoms with Crippen molar-refractivity contribution >= 4 is 39.9 Å². The van der Waals surface area contributed by atoms with E-state index in [-0.39, 0.29) is 34.5 Å². The number of H-pyrrole nitrogens is 1. The van der Waals surface area contributed by atoms with Crippen molar-refractivity contribution in [2.45, 2.75) is 18.8 Å². The van der Waals surface area contributed by atoms with Crippen LogP contribution in [0.5, 0.6) is 0 Å². The maximum Gasteiger partial charge on any atom is 0.257 e. The van der Waals surface area contributed by atoms with E-state index in [0.717, 1.165) is 12.1 Å². The van der Waals surface area contributed by atoms with Crippen LogP contribution in [0.3, 0.4) is 0 Å². The molecule has 1 spiro atoms. The van der Waals surface area contributed by atoms with Gasteiger partial charge in [0.1, 0.15) is 5.82 Å². The summed E-state index contributed by atoms with van der Waals surface area (Å²) in [6.45, 7) is 0.913. The lowest BCUT2D eigenvalue weighted by Crippen LogP contribution is -2.66. The molecule has 0 bridgehead atoms. The number of carbonyl (C=O) groups excluding carboxylic acids is 1.